The predicted octanol–water partition coefficient (Wildman–Crippen LogP) is 5.07. The summed E-state index contributed by atoms with van der Waals surface area (Å²) in [6.07, 6.45) is 1.60. The van der Waals surface area contributed by atoms with Crippen LogP contribution < -0.4 is 23.8 Å². The minimum Gasteiger partial charge on any atom is -0.480 e. The standard InChI is InChI=1S/C27H24ClN5O5/c1-14(2)32-23-21(30-24(32)18-12-29-27(36-4)31-25(18)35-3)26(34)33(22(23)15-5-7-16(28)8-6-15)17-9-10-19-20(11-17)38-13-37-19/h5-12,14,22H,13H2,1-4H3/t22-/m0/s1. The number of carbonyl (C=O) groups is 1. The number of imidazole rings is 1. The molecule has 0 saturated carbocycles. The zero-order valence-electron chi connectivity index (χ0n) is 21.1. The quantitative estimate of drug-likeness (QED) is 0.338. The molecule has 0 aliphatic carbocycles. The topological polar surface area (TPSA) is 101 Å². The zero-order chi connectivity index (χ0) is 26.6. The van der Waals surface area contributed by atoms with E-state index < -0.39 is 6.04 Å². The third kappa shape index (κ3) is 3.71. The molecule has 38 heavy (non-hydrogen) atoms. The molecule has 0 fully saturated rings. The average Bonchev–Trinajstić information content (AvgIpc) is 3.62. The molecule has 0 bridgehead atoms. The number of ether oxygens (including phenoxy) is 4. The third-order valence-corrected chi connectivity index (χ3v) is 6.82. The summed E-state index contributed by atoms with van der Waals surface area (Å²) in [6, 6.07) is 12.6. The number of hydrogen-bond donors (Lipinski definition) is 0. The maximum Gasteiger partial charge on any atom is 0.319 e. The van der Waals surface area contributed by atoms with Crippen molar-refractivity contribution < 1.29 is 23.7 Å². The highest BCUT2D eigenvalue weighted by atomic mass is 35.5. The van der Waals surface area contributed by atoms with Gasteiger partial charge in [0.1, 0.15) is 11.9 Å². The van der Waals surface area contributed by atoms with Gasteiger partial charge in [-0.1, -0.05) is 23.7 Å². The number of amides is 1. The molecule has 194 valence electrons. The fraction of sp³-hybridized carbons (Fsp3) is 0.259. The molecule has 0 unspecified atom stereocenters. The van der Waals surface area contributed by atoms with E-state index in [9.17, 15) is 4.79 Å². The number of fused-ring (bicyclic) bond motifs is 2. The van der Waals surface area contributed by atoms with E-state index in [-0.39, 0.29) is 24.8 Å². The lowest BCUT2D eigenvalue weighted by atomic mass is 10.0. The van der Waals surface area contributed by atoms with Crippen molar-refractivity contribution in [2.24, 2.45) is 0 Å². The Morgan fingerprint density at radius 3 is 2.50 bits per heavy atom. The number of halogens is 1. The smallest absolute Gasteiger partial charge is 0.319 e. The molecule has 2 aromatic carbocycles. The van der Waals surface area contributed by atoms with Gasteiger partial charge in [-0.05, 0) is 43.7 Å². The SMILES string of the molecule is COc1ncc(-c2nc3c(n2C(C)C)[C@H](c2ccc(Cl)cc2)N(c2ccc4c(c2)OCO4)C3=O)c(OC)n1. The maximum absolute atomic E-state index is 14.1. The van der Waals surface area contributed by atoms with E-state index in [1.807, 2.05) is 60.9 Å². The largest absolute Gasteiger partial charge is 0.480 e. The molecule has 0 spiro atoms. The van der Waals surface area contributed by atoms with Gasteiger partial charge in [0.05, 0.1) is 25.5 Å². The van der Waals surface area contributed by atoms with Crippen LogP contribution in [0.25, 0.3) is 11.4 Å². The molecule has 0 saturated heterocycles. The summed E-state index contributed by atoms with van der Waals surface area (Å²) in [6.45, 7) is 4.21. The molecule has 10 nitrogen and oxygen atoms in total. The molecular weight excluding hydrogens is 510 g/mol. The Morgan fingerprint density at radius 2 is 1.79 bits per heavy atom. The Kier molecular flexibility index (Phi) is 5.83. The first-order valence-electron chi connectivity index (χ1n) is 12.0. The van der Waals surface area contributed by atoms with Crippen LogP contribution in [0.5, 0.6) is 23.4 Å². The Hall–Kier alpha value is -4.31. The number of methoxy groups -OCH3 is 2. The predicted molar refractivity (Wildman–Crippen MR) is 139 cm³/mol. The van der Waals surface area contributed by atoms with Crippen LogP contribution in [0, 0.1) is 0 Å². The van der Waals surface area contributed by atoms with Crippen molar-refractivity contribution in [3.05, 3.63) is 70.6 Å². The minimum atomic E-state index is -0.482. The molecule has 0 N–H and O–H groups in total. The zero-order valence-corrected chi connectivity index (χ0v) is 21.9. The van der Waals surface area contributed by atoms with Gasteiger partial charge < -0.3 is 23.5 Å². The maximum atomic E-state index is 14.1. The van der Waals surface area contributed by atoms with Crippen molar-refractivity contribution in [2.45, 2.75) is 25.9 Å². The van der Waals surface area contributed by atoms with Crippen LogP contribution in [0.15, 0.2) is 48.7 Å². The number of carbonyl (C=O) groups excluding carboxylic acids is 1. The van der Waals surface area contributed by atoms with Gasteiger partial charge in [-0.25, -0.2) is 9.97 Å². The Morgan fingerprint density at radius 1 is 1.03 bits per heavy atom. The molecule has 6 rings (SSSR count). The summed E-state index contributed by atoms with van der Waals surface area (Å²) in [5, 5.41) is 0.603. The molecule has 1 amide bonds. The lowest BCUT2D eigenvalue weighted by Crippen LogP contribution is -2.30. The summed E-state index contributed by atoms with van der Waals surface area (Å²) in [4.78, 5) is 29.3. The molecule has 2 aliphatic rings. The van der Waals surface area contributed by atoms with Gasteiger partial charge in [-0.3, -0.25) is 9.69 Å². The second kappa shape index (κ2) is 9.21. The highest BCUT2D eigenvalue weighted by Crippen LogP contribution is 2.47. The van der Waals surface area contributed by atoms with Crippen LogP contribution in [-0.2, 0) is 0 Å². The average molecular weight is 534 g/mol. The summed E-state index contributed by atoms with van der Waals surface area (Å²) in [5.41, 5.74) is 3.18. The third-order valence-electron chi connectivity index (χ3n) is 6.57. The lowest BCUT2D eigenvalue weighted by Gasteiger charge is -2.28. The van der Waals surface area contributed by atoms with Gasteiger partial charge in [0, 0.05) is 29.0 Å². The first-order valence-corrected chi connectivity index (χ1v) is 12.3. The summed E-state index contributed by atoms with van der Waals surface area (Å²) in [7, 11) is 3.00. The van der Waals surface area contributed by atoms with E-state index in [4.69, 9.17) is 35.5 Å². The van der Waals surface area contributed by atoms with Crippen molar-refractivity contribution in [2.75, 3.05) is 25.9 Å². The van der Waals surface area contributed by atoms with Crippen molar-refractivity contribution in [3.8, 4) is 34.8 Å². The number of anilines is 1. The lowest BCUT2D eigenvalue weighted by molar-refractivity contribution is 0.0989. The fourth-order valence-electron chi connectivity index (χ4n) is 4.94. The van der Waals surface area contributed by atoms with Crippen molar-refractivity contribution in [3.63, 3.8) is 0 Å². The van der Waals surface area contributed by atoms with Gasteiger partial charge in [-0.2, -0.15) is 4.98 Å². The van der Waals surface area contributed by atoms with Gasteiger partial charge in [0.15, 0.2) is 17.2 Å². The Labute approximate surface area is 223 Å². The van der Waals surface area contributed by atoms with E-state index >= 15 is 0 Å². The molecule has 4 heterocycles. The second-order valence-electron chi connectivity index (χ2n) is 9.08. The van der Waals surface area contributed by atoms with Gasteiger partial charge in [0.25, 0.3) is 5.91 Å². The van der Waals surface area contributed by atoms with Gasteiger partial charge in [-0.15, -0.1) is 0 Å². The van der Waals surface area contributed by atoms with Crippen molar-refractivity contribution in [1.82, 2.24) is 19.5 Å². The molecule has 2 aliphatic heterocycles. The normalized spacial score (nSPS) is 15.8. The molecule has 0 radical (unpaired) electrons. The van der Waals surface area contributed by atoms with E-state index in [0.29, 0.717) is 45.2 Å². The van der Waals surface area contributed by atoms with Crippen LogP contribution in [0.2, 0.25) is 5.02 Å². The van der Waals surface area contributed by atoms with Crippen molar-refractivity contribution in [1.29, 1.82) is 0 Å². The summed E-state index contributed by atoms with van der Waals surface area (Å²) < 4.78 is 23.8. The van der Waals surface area contributed by atoms with E-state index in [0.717, 1.165) is 11.3 Å². The molecule has 4 aromatic rings. The van der Waals surface area contributed by atoms with Crippen LogP contribution in [0.4, 0.5) is 5.69 Å². The van der Waals surface area contributed by atoms with E-state index in [1.54, 1.807) is 11.1 Å². The van der Waals surface area contributed by atoms with Crippen LogP contribution in [0.3, 0.4) is 0 Å². The Bertz CT molecular complexity index is 1550. The second-order valence-corrected chi connectivity index (χ2v) is 9.52. The number of benzene rings is 2. The highest BCUT2D eigenvalue weighted by Gasteiger charge is 2.45. The monoisotopic (exact) mass is 533 g/mol. The Balaban J connectivity index is 1.57. The number of rotatable bonds is 6. The highest BCUT2D eigenvalue weighted by molar-refractivity contribution is 6.30. The van der Waals surface area contributed by atoms with Crippen LogP contribution in [0.1, 0.15) is 47.7 Å². The molecule has 11 heteroatoms. The molecule has 2 aromatic heterocycles. The number of nitrogens with zero attached hydrogens (tertiary/aromatic N) is 5. The molecule has 1 atom stereocenters. The van der Waals surface area contributed by atoms with E-state index in [1.165, 1.54) is 14.2 Å². The first kappa shape index (κ1) is 24.1. The summed E-state index contributed by atoms with van der Waals surface area (Å²) in [5.74, 6) is 1.81. The number of hydrogen-bond acceptors (Lipinski definition) is 8. The fourth-order valence-corrected chi connectivity index (χ4v) is 5.07. The van der Waals surface area contributed by atoms with E-state index in [2.05, 4.69) is 9.97 Å². The van der Waals surface area contributed by atoms with Crippen LogP contribution >= 0.6 is 11.6 Å². The van der Waals surface area contributed by atoms with Gasteiger partial charge in [0.2, 0.25) is 12.7 Å². The van der Waals surface area contributed by atoms with Crippen molar-refractivity contribution >= 4 is 23.2 Å². The summed E-state index contributed by atoms with van der Waals surface area (Å²) >= 11 is 6.22. The first-order chi connectivity index (χ1) is 18.4. The number of aromatic nitrogens is 4. The minimum absolute atomic E-state index is 0.0626. The van der Waals surface area contributed by atoms with Crippen LogP contribution in [-0.4, -0.2) is 46.4 Å². The van der Waals surface area contributed by atoms with Gasteiger partial charge >= 0.3 is 6.01 Å². The molecular formula is C27H24ClN5O5.